The smallest absolute Gasteiger partial charge is 0.335 e. The number of hydrogen-bond donors (Lipinski definition) is 2. The standard InChI is InChI=1S/C32H37NO4/c33-24-25-12-14-26(15-13-25)27-16-19-30(20-17-27)37-22-10-8-6-4-2-1-3-5-7-9-11-28-23-29(34)18-21-31(28)32(35)36/h12-21,23,34H,1-11,22H2,(H,35,36). The van der Waals surface area contributed by atoms with Gasteiger partial charge in [0.1, 0.15) is 11.5 Å². The number of nitriles is 1. The fraction of sp³-hybridized carbons (Fsp3) is 0.375. The molecule has 0 spiro atoms. The summed E-state index contributed by atoms with van der Waals surface area (Å²) in [7, 11) is 0. The molecule has 2 N–H and O–H groups in total. The summed E-state index contributed by atoms with van der Waals surface area (Å²) in [5, 5.41) is 27.8. The second kappa shape index (κ2) is 15.4. The van der Waals surface area contributed by atoms with E-state index in [2.05, 4.69) is 18.2 Å². The Kier molecular flexibility index (Phi) is 11.5. The molecule has 0 aliphatic heterocycles. The van der Waals surface area contributed by atoms with Gasteiger partial charge in [0.05, 0.1) is 23.8 Å². The normalized spacial score (nSPS) is 10.7. The number of benzene rings is 3. The molecule has 0 radical (unpaired) electrons. The van der Waals surface area contributed by atoms with Gasteiger partial charge in [-0.15, -0.1) is 0 Å². The van der Waals surface area contributed by atoms with Crippen LogP contribution in [0.5, 0.6) is 11.5 Å². The van der Waals surface area contributed by atoms with Crippen LogP contribution >= 0.6 is 0 Å². The van der Waals surface area contributed by atoms with E-state index in [1.807, 2.05) is 36.4 Å². The molecule has 0 saturated carbocycles. The zero-order valence-corrected chi connectivity index (χ0v) is 21.5. The molecule has 37 heavy (non-hydrogen) atoms. The molecule has 5 nitrogen and oxygen atoms in total. The van der Waals surface area contributed by atoms with Crippen molar-refractivity contribution < 1.29 is 19.7 Å². The highest BCUT2D eigenvalue weighted by molar-refractivity contribution is 5.89. The van der Waals surface area contributed by atoms with Gasteiger partial charge in [0, 0.05) is 0 Å². The van der Waals surface area contributed by atoms with E-state index in [0.717, 1.165) is 48.3 Å². The first-order valence-corrected chi connectivity index (χ1v) is 13.4. The number of phenols is 1. The minimum Gasteiger partial charge on any atom is -0.508 e. The fourth-order valence-electron chi connectivity index (χ4n) is 4.50. The van der Waals surface area contributed by atoms with Gasteiger partial charge in [-0.1, -0.05) is 75.6 Å². The predicted octanol–water partition coefficient (Wildman–Crippen LogP) is 8.15. The lowest BCUT2D eigenvalue weighted by molar-refractivity contribution is 0.0695. The molecule has 0 unspecified atom stereocenters. The minimum atomic E-state index is -0.934. The maximum atomic E-state index is 11.3. The van der Waals surface area contributed by atoms with Crippen molar-refractivity contribution in [3.05, 3.63) is 83.4 Å². The van der Waals surface area contributed by atoms with Crippen molar-refractivity contribution in [3.8, 4) is 28.7 Å². The van der Waals surface area contributed by atoms with E-state index in [4.69, 9.17) is 10.00 Å². The second-order valence-electron chi connectivity index (χ2n) is 9.49. The number of carboxylic acid groups (broad SMARTS) is 1. The molecule has 3 rings (SSSR count). The largest absolute Gasteiger partial charge is 0.508 e. The van der Waals surface area contributed by atoms with E-state index in [1.54, 1.807) is 6.07 Å². The van der Waals surface area contributed by atoms with Crippen molar-refractivity contribution in [2.24, 2.45) is 0 Å². The molecule has 194 valence electrons. The summed E-state index contributed by atoms with van der Waals surface area (Å²) in [5.41, 5.74) is 3.88. The third-order valence-corrected chi connectivity index (χ3v) is 6.63. The molecule has 5 heteroatoms. The van der Waals surface area contributed by atoms with Gasteiger partial charge in [-0.3, -0.25) is 0 Å². The molecular formula is C32H37NO4. The number of aryl methyl sites for hydroxylation is 1. The number of ether oxygens (including phenoxy) is 1. The Morgan fingerprint density at radius 2 is 1.27 bits per heavy atom. The first-order chi connectivity index (χ1) is 18.1. The van der Waals surface area contributed by atoms with Gasteiger partial charge >= 0.3 is 5.97 Å². The zero-order chi connectivity index (χ0) is 26.3. The molecule has 3 aromatic carbocycles. The molecule has 0 bridgehead atoms. The van der Waals surface area contributed by atoms with Gasteiger partial charge in [0.2, 0.25) is 0 Å². The monoisotopic (exact) mass is 499 g/mol. The van der Waals surface area contributed by atoms with Crippen LogP contribution in [0, 0.1) is 11.3 Å². The summed E-state index contributed by atoms with van der Waals surface area (Å²) in [4.78, 5) is 11.3. The minimum absolute atomic E-state index is 0.126. The van der Waals surface area contributed by atoms with E-state index in [0.29, 0.717) is 17.5 Å². The van der Waals surface area contributed by atoms with Crippen LogP contribution in [0.1, 0.15) is 85.7 Å². The Balaban J connectivity index is 1.17. The average molecular weight is 500 g/mol. The fourth-order valence-corrected chi connectivity index (χ4v) is 4.50. The van der Waals surface area contributed by atoms with Crippen LogP contribution in [0.3, 0.4) is 0 Å². The zero-order valence-electron chi connectivity index (χ0n) is 21.5. The number of hydrogen-bond acceptors (Lipinski definition) is 4. The number of aromatic carboxylic acids is 1. The van der Waals surface area contributed by atoms with Gasteiger partial charge in [-0.05, 0) is 78.4 Å². The van der Waals surface area contributed by atoms with Crippen molar-refractivity contribution in [1.82, 2.24) is 0 Å². The summed E-state index contributed by atoms with van der Waals surface area (Å²) in [6.07, 6.45) is 12.3. The molecule has 0 aliphatic carbocycles. The van der Waals surface area contributed by atoms with Crippen LogP contribution in [0.2, 0.25) is 0 Å². The average Bonchev–Trinajstić information content (AvgIpc) is 2.91. The molecule has 0 aromatic heterocycles. The highest BCUT2D eigenvalue weighted by Crippen LogP contribution is 2.23. The maximum absolute atomic E-state index is 11.3. The van der Waals surface area contributed by atoms with Crippen LogP contribution in [-0.4, -0.2) is 22.8 Å². The van der Waals surface area contributed by atoms with Crippen LogP contribution in [0.15, 0.2) is 66.7 Å². The molecule has 3 aromatic rings. The molecular weight excluding hydrogens is 462 g/mol. The number of unbranched alkanes of at least 4 members (excludes halogenated alkanes) is 9. The lowest BCUT2D eigenvalue weighted by atomic mass is 9.99. The van der Waals surface area contributed by atoms with Crippen molar-refractivity contribution in [1.29, 1.82) is 5.26 Å². The third kappa shape index (κ3) is 9.65. The van der Waals surface area contributed by atoms with E-state index in [-0.39, 0.29) is 5.75 Å². The lowest BCUT2D eigenvalue weighted by Crippen LogP contribution is -2.02. The van der Waals surface area contributed by atoms with Crippen molar-refractivity contribution in [2.45, 2.75) is 70.6 Å². The number of phenolic OH excluding ortho intramolecular Hbond substituents is 1. The first-order valence-electron chi connectivity index (χ1n) is 13.4. The first kappa shape index (κ1) is 27.8. The lowest BCUT2D eigenvalue weighted by Gasteiger charge is -2.08. The number of nitrogens with zero attached hydrogens (tertiary/aromatic N) is 1. The summed E-state index contributed by atoms with van der Waals surface area (Å²) in [6.45, 7) is 0.735. The number of carboxylic acids is 1. The topological polar surface area (TPSA) is 90.5 Å². The predicted molar refractivity (Wildman–Crippen MR) is 147 cm³/mol. The molecule has 0 fully saturated rings. The van der Waals surface area contributed by atoms with Crippen LogP contribution in [-0.2, 0) is 6.42 Å². The van der Waals surface area contributed by atoms with Crippen molar-refractivity contribution >= 4 is 5.97 Å². The molecule has 0 amide bonds. The number of carbonyl (C=O) groups is 1. The quantitative estimate of drug-likeness (QED) is 0.194. The number of aromatic hydroxyl groups is 1. The maximum Gasteiger partial charge on any atom is 0.335 e. The van der Waals surface area contributed by atoms with Crippen molar-refractivity contribution in [2.75, 3.05) is 6.61 Å². The van der Waals surface area contributed by atoms with E-state index >= 15 is 0 Å². The third-order valence-electron chi connectivity index (χ3n) is 6.63. The Morgan fingerprint density at radius 1 is 0.730 bits per heavy atom. The van der Waals surface area contributed by atoms with Gasteiger partial charge < -0.3 is 14.9 Å². The second-order valence-corrected chi connectivity index (χ2v) is 9.49. The van der Waals surface area contributed by atoms with Crippen molar-refractivity contribution in [3.63, 3.8) is 0 Å². The van der Waals surface area contributed by atoms with Gasteiger partial charge in [-0.2, -0.15) is 5.26 Å². The highest BCUT2D eigenvalue weighted by atomic mass is 16.5. The summed E-state index contributed by atoms with van der Waals surface area (Å²) >= 11 is 0. The molecule has 0 heterocycles. The van der Waals surface area contributed by atoms with Gasteiger partial charge in [-0.25, -0.2) is 4.79 Å². The molecule has 0 atom stereocenters. The Bertz CT molecular complexity index is 1150. The Labute approximate surface area is 220 Å². The van der Waals surface area contributed by atoms with Crippen LogP contribution in [0.4, 0.5) is 0 Å². The Hall–Kier alpha value is -3.78. The molecule has 0 aliphatic rings. The highest BCUT2D eigenvalue weighted by Gasteiger charge is 2.10. The van der Waals surface area contributed by atoms with E-state index < -0.39 is 5.97 Å². The summed E-state index contributed by atoms with van der Waals surface area (Å²) in [6, 6.07) is 22.3. The van der Waals surface area contributed by atoms with Gasteiger partial charge in [0.25, 0.3) is 0 Å². The summed E-state index contributed by atoms with van der Waals surface area (Å²) in [5.74, 6) is 0.0817. The molecule has 0 saturated heterocycles. The SMILES string of the molecule is N#Cc1ccc(-c2ccc(OCCCCCCCCCCCCc3cc(O)ccc3C(=O)O)cc2)cc1. The summed E-state index contributed by atoms with van der Waals surface area (Å²) < 4.78 is 5.89. The van der Waals surface area contributed by atoms with Crippen LogP contribution < -0.4 is 4.74 Å². The van der Waals surface area contributed by atoms with E-state index in [9.17, 15) is 15.0 Å². The Morgan fingerprint density at radius 3 is 1.84 bits per heavy atom. The van der Waals surface area contributed by atoms with Gasteiger partial charge in [0.15, 0.2) is 0 Å². The number of rotatable bonds is 16. The van der Waals surface area contributed by atoms with Crippen LogP contribution in [0.25, 0.3) is 11.1 Å². The van der Waals surface area contributed by atoms with E-state index in [1.165, 1.54) is 57.1 Å².